The average Bonchev–Trinajstić information content (AvgIpc) is 2.66. The largest absolute Gasteiger partial charge is 0.497 e. The number of rotatable bonds is 5. The molecule has 1 aliphatic heterocycles. The normalized spacial score (nSPS) is 12.7. The van der Waals surface area contributed by atoms with Gasteiger partial charge in [0.15, 0.2) is 11.5 Å². The molecule has 7 heteroatoms. The third kappa shape index (κ3) is 4.29. The van der Waals surface area contributed by atoms with E-state index >= 15 is 0 Å². The van der Waals surface area contributed by atoms with Crippen molar-refractivity contribution >= 4 is 33.6 Å². The van der Waals surface area contributed by atoms with Crippen molar-refractivity contribution in [2.24, 2.45) is 0 Å². The highest BCUT2D eigenvalue weighted by Gasteiger charge is 2.15. The number of hydrogen-bond acceptors (Lipinski definition) is 5. The van der Waals surface area contributed by atoms with Crippen molar-refractivity contribution in [3.8, 4) is 23.0 Å². The van der Waals surface area contributed by atoms with Gasteiger partial charge in [-0.2, -0.15) is 0 Å². The second-order valence-electron chi connectivity index (χ2n) is 5.44. The zero-order chi connectivity index (χ0) is 18.5. The van der Waals surface area contributed by atoms with Crippen molar-refractivity contribution in [1.82, 2.24) is 0 Å². The highest BCUT2D eigenvalue weighted by molar-refractivity contribution is 9.10. The molecule has 0 aliphatic carbocycles. The van der Waals surface area contributed by atoms with Gasteiger partial charge >= 0.3 is 0 Å². The fourth-order valence-corrected chi connectivity index (χ4v) is 2.85. The van der Waals surface area contributed by atoms with E-state index < -0.39 is 0 Å². The van der Waals surface area contributed by atoms with Crippen LogP contribution in [-0.4, -0.2) is 33.3 Å². The number of ether oxygens (including phenoxy) is 4. The third-order valence-corrected chi connectivity index (χ3v) is 4.35. The van der Waals surface area contributed by atoms with Crippen molar-refractivity contribution in [3.05, 3.63) is 46.4 Å². The minimum Gasteiger partial charge on any atom is -0.497 e. The van der Waals surface area contributed by atoms with Gasteiger partial charge in [-0.25, -0.2) is 0 Å². The van der Waals surface area contributed by atoms with Crippen LogP contribution in [0, 0.1) is 0 Å². The first-order chi connectivity index (χ1) is 12.6. The molecule has 1 aliphatic rings. The number of anilines is 1. The van der Waals surface area contributed by atoms with Crippen molar-refractivity contribution in [2.75, 3.05) is 32.8 Å². The molecule has 2 aromatic rings. The minimum atomic E-state index is -0.274. The first-order valence-electron chi connectivity index (χ1n) is 7.90. The Kier molecular flexibility index (Phi) is 5.68. The SMILES string of the molecule is COc1cc(/C=C/C(=O)Nc2cc3c(cc2Br)OCCO3)cc(OC)c1. The number of carbonyl (C=O) groups excluding carboxylic acids is 1. The second-order valence-corrected chi connectivity index (χ2v) is 6.30. The lowest BCUT2D eigenvalue weighted by atomic mass is 10.2. The van der Waals surface area contributed by atoms with Crippen LogP contribution in [0.2, 0.25) is 0 Å². The van der Waals surface area contributed by atoms with Crippen molar-refractivity contribution in [2.45, 2.75) is 0 Å². The van der Waals surface area contributed by atoms with Crippen LogP contribution in [0.15, 0.2) is 40.9 Å². The second kappa shape index (κ2) is 8.14. The number of halogens is 1. The summed E-state index contributed by atoms with van der Waals surface area (Å²) in [4.78, 5) is 12.3. The third-order valence-electron chi connectivity index (χ3n) is 3.69. The molecule has 136 valence electrons. The first-order valence-corrected chi connectivity index (χ1v) is 8.69. The smallest absolute Gasteiger partial charge is 0.248 e. The Morgan fingerprint density at radius 3 is 2.27 bits per heavy atom. The molecule has 0 radical (unpaired) electrons. The summed E-state index contributed by atoms with van der Waals surface area (Å²) >= 11 is 3.43. The molecule has 1 N–H and O–H groups in total. The fraction of sp³-hybridized carbons (Fsp3) is 0.211. The lowest BCUT2D eigenvalue weighted by Crippen LogP contribution is -2.16. The molecule has 6 nitrogen and oxygen atoms in total. The Morgan fingerprint density at radius 2 is 1.65 bits per heavy atom. The molecule has 2 aromatic carbocycles. The van der Waals surface area contributed by atoms with E-state index in [1.807, 2.05) is 12.1 Å². The predicted octanol–water partition coefficient (Wildman–Crippen LogP) is 3.89. The van der Waals surface area contributed by atoms with Gasteiger partial charge in [0.1, 0.15) is 24.7 Å². The van der Waals surface area contributed by atoms with Crippen LogP contribution in [0.5, 0.6) is 23.0 Å². The number of nitrogens with one attached hydrogen (secondary N) is 1. The molecular formula is C19H18BrNO5. The maximum atomic E-state index is 12.3. The molecule has 0 saturated heterocycles. The molecule has 1 amide bonds. The molecule has 1 heterocycles. The van der Waals surface area contributed by atoms with E-state index in [9.17, 15) is 4.79 Å². The van der Waals surface area contributed by atoms with Crippen molar-refractivity contribution < 1.29 is 23.7 Å². The Morgan fingerprint density at radius 1 is 1.04 bits per heavy atom. The standard InChI is InChI=1S/C19H18BrNO5/c1-23-13-7-12(8-14(9-13)24-2)3-4-19(22)21-16-11-18-17(10-15(16)20)25-5-6-26-18/h3-4,7-11H,5-6H2,1-2H3,(H,21,22)/b4-3+. The highest BCUT2D eigenvalue weighted by atomic mass is 79.9. The van der Waals surface area contributed by atoms with Gasteiger partial charge in [0.25, 0.3) is 0 Å². The number of fused-ring (bicyclic) bond motifs is 1. The Bertz CT molecular complexity index is 828. The summed E-state index contributed by atoms with van der Waals surface area (Å²) < 4.78 is 22.2. The van der Waals surface area contributed by atoms with E-state index in [0.29, 0.717) is 46.4 Å². The van der Waals surface area contributed by atoms with E-state index in [-0.39, 0.29) is 5.91 Å². The summed E-state index contributed by atoms with van der Waals surface area (Å²) in [5.41, 5.74) is 1.39. The zero-order valence-corrected chi connectivity index (χ0v) is 16.0. The van der Waals surface area contributed by atoms with Crippen LogP contribution >= 0.6 is 15.9 Å². The Balaban J connectivity index is 1.74. The van der Waals surface area contributed by atoms with Crippen LogP contribution in [0.1, 0.15) is 5.56 Å². The summed E-state index contributed by atoms with van der Waals surface area (Å²) in [7, 11) is 3.16. The van der Waals surface area contributed by atoms with Gasteiger partial charge in [0, 0.05) is 28.7 Å². The van der Waals surface area contributed by atoms with E-state index in [1.54, 1.807) is 38.5 Å². The monoisotopic (exact) mass is 419 g/mol. The van der Waals surface area contributed by atoms with Gasteiger partial charge in [-0.15, -0.1) is 0 Å². The molecular weight excluding hydrogens is 402 g/mol. The van der Waals surface area contributed by atoms with Gasteiger partial charge in [0.2, 0.25) is 5.91 Å². The fourth-order valence-electron chi connectivity index (χ4n) is 2.43. The van der Waals surface area contributed by atoms with Crippen molar-refractivity contribution in [1.29, 1.82) is 0 Å². The van der Waals surface area contributed by atoms with E-state index in [2.05, 4.69) is 21.2 Å². The van der Waals surface area contributed by atoms with Gasteiger partial charge in [0.05, 0.1) is 19.9 Å². The van der Waals surface area contributed by atoms with Crippen LogP contribution < -0.4 is 24.3 Å². The molecule has 3 rings (SSSR count). The minimum absolute atomic E-state index is 0.274. The predicted molar refractivity (Wildman–Crippen MR) is 102 cm³/mol. The van der Waals surface area contributed by atoms with Crippen LogP contribution in [0.4, 0.5) is 5.69 Å². The summed E-state index contributed by atoms with van der Waals surface area (Å²) in [5.74, 6) is 2.29. The maximum Gasteiger partial charge on any atom is 0.248 e. The zero-order valence-electron chi connectivity index (χ0n) is 14.4. The maximum absolute atomic E-state index is 12.3. The summed E-state index contributed by atoms with van der Waals surface area (Å²) in [6, 6.07) is 8.90. The van der Waals surface area contributed by atoms with E-state index in [0.717, 1.165) is 5.56 Å². The van der Waals surface area contributed by atoms with Gasteiger partial charge in [-0.05, 0) is 39.7 Å². The van der Waals surface area contributed by atoms with Gasteiger partial charge in [-0.3, -0.25) is 4.79 Å². The average molecular weight is 420 g/mol. The lowest BCUT2D eigenvalue weighted by Gasteiger charge is -2.19. The molecule has 0 atom stereocenters. The Labute approximate surface area is 159 Å². The van der Waals surface area contributed by atoms with Crippen LogP contribution in [-0.2, 0) is 4.79 Å². The highest BCUT2D eigenvalue weighted by Crippen LogP contribution is 2.38. The molecule has 0 bridgehead atoms. The number of methoxy groups -OCH3 is 2. The van der Waals surface area contributed by atoms with Gasteiger partial charge in [-0.1, -0.05) is 0 Å². The molecule has 0 fully saturated rings. The molecule has 0 unspecified atom stereocenters. The molecule has 0 spiro atoms. The van der Waals surface area contributed by atoms with Crippen LogP contribution in [0.25, 0.3) is 6.08 Å². The van der Waals surface area contributed by atoms with E-state index in [4.69, 9.17) is 18.9 Å². The lowest BCUT2D eigenvalue weighted by molar-refractivity contribution is -0.111. The number of benzene rings is 2. The quantitative estimate of drug-likeness (QED) is 0.744. The number of carbonyl (C=O) groups is 1. The van der Waals surface area contributed by atoms with Gasteiger partial charge < -0.3 is 24.3 Å². The molecule has 0 aromatic heterocycles. The molecule has 26 heavy (non-hydrogen) atoms. The summed E-state index contributed by atoms with van der Waals surface area (Å²) in [6.45, 7) is 0.997. The Hall–Kier alpha value is -2.67. The molecule has 0 saturated carbocycles. The van der Waals surface area contributed by atoms with Crippen LogP contribution in [0.3, 0.4) is 0 Å². The summed E-state index contributed by atoms with van der Waals surface area (Å²) in [6.07, 6.45) is 3.13. The first kappa shape index (κ1) is 18.1. The van der Waals surface area contributed by atoms with Crippen molar-refractivity contribution in [3.63, 3.8) is 0 Å². The number of amides is 1. The topological polar surface area (TPSA) is 66.0 Å². The summed E-state index contributed by atoms with van der Waals surface area (Å²) in [5, 5.41) is 2.82. The number of hydrogen-bond donors (Lipinski definition) is 1. The van der Waals surface area contributed by atoms with E-state index in [1.165, 1.54) is 6.08 Å².